The molecule has 1 aliphatic rings. The first-order chi connectivity index (χ1) is 14.0. The van der Waals surface area contributed by atoms with Gasteiger partial charge in [-0.05, 0) is 54.1 Å². The number of carbonyl (C=O) groups is 3. The van der Waals surface area contributed by atoms with Crippen LogP contribution in [0.4, 0.5) is 10.1 Å². The molecule has 0 bridgehead atoms. The lowest BCUT2D eigenvalue weighted by molar-refractivity contribution is -0.119. The smallest absolute Gasteiger partial charge is 0.338 e. The maximum absolute atomic E-state index is 13.3. The van der Waals surface area contributed by atoms with Gasteiger partial charge in [0.05, 0.1) is 28.3 Å². The van der Waals surface area contributed by atoms with Gasteiger partial charge in [0.2, 0.25) is 0 Å². The van der Waals surface area contributed by atoms with E-state index in [0.29, 0.717) is 34.1 Å². The topological polar surface area (TPSA) is 63.7 Å². The van der Waals surface area contributed by atoms with Crippen LogP contribution in [0, 0.1) is 5.82 Å². The molecule has 7 heteroatoms. The van der Waals surface area contributed by atoms with Crippen molar-refractivity contribution in [3.05, 3.63) is 70.4 Å². The van der Waals surface area contributed by atoms with Crippen molar-refractivity contribution in [2.75, 3.05) is 17.3 Å². The molecular weight excluding hydrogens is 393 g/mol. The lowest BCUT2D eigenvalue weighted by Crippen LogP contribution is -2.31. The van der Waals surface area contributed by atoms with E-state index >= 15 is 0 Å². The van der Waals surface area contributed by atoms with Crippen LogP contribution in [-0.2, 0) is 14.3 Å². The fraction of sp³-hybridized carbons (Fsp3) is 0.227. The molecular formula is C22H20FNO4S. The number of benzene rings is 2. The number of anilines is 1. The van der Waals surface area contributed by atoms with E-state index in [9.17, 15) is 18.8 Å². The number of imide groups is 1. The average molecular weight is 413 g/mol. The van der Waals surface area contributed by atoms with Crippen molar-refractivity contribution in [2.24, 2.45) is 0 Å². The molecule has 0 aromatic heterocycles. The Kier molecular flexibility index (Phi) is 6.49. The number of rotatable bonds is 7. The van der Waals surface area contributed by atoms with Crippen molar-refractivity contribution in [3.63, 3.8) is 0 Å². The number of hydrogen-bond acceptors (Lipinski definition) is 5. The van der Waals surface area contributed by atoms with Gasteiger partial charge < -0.3 is 4.74 Å². The van der Waals surface area contributed by atoms with Crippen LogP contribution in [0.25, 0.3) is 5.57 Å². The van der Waals surface area contributed by atoms with Crippen LogP contribution in [0.1, 0.15) is 36.2 Å². The van der Waals surface area contributed by atoms with Gasteiger partial charge >= 0.3 is 5.97 Å². The minimum absolute atomic E-state index is 0.258. The monoisotopic (exact) mass is 413 g/mol. The molecule has 5 nitrogen and oxygen atoms in total. The summed E-state index contributed by atoms with van der Waals surface area (Å²) in [5.74, 6) is -1.17. The second-order valence-corrected chi connectivity index (χ2v) is 7.55. The quantitative estimate of drug-likeness (QED) is 0.496. The zero-order valence-corrected chi connectivity index (χ0v) is 16.9. The van der Waals surface area contributed by atoms with Crippen molar-refractivity contribution < 1.29 is 23.5 Å². The first-order valence-corrected chi connectivity index (χ1v) is 10.3. The van der Waals surface area contributed by atoms with Crippen molar-refractivity contribution in [3.8, 4) is 0 Å². The molecule has 150 valence electrons. The van der Waals surface area contributed by atoms with Gasteiger partial charge in [0.15, 0.2) is 0 Å². The summed E-state index contributed by atoms with van der Waals surface area (Å²) in [6.07, 6.45) is 0.719. The molecule has 2 amide bonds. The highest BCUT2D eigenvalue weighted by Crippen LogP contribution is 2.38. The van der Waals surface area contributed by atoms with E-state index < -0.39 is 23.6 Å². The largest absolute Gasteiger partial charge is 0.462 e. The average Bonchev–Trinajstić information content (AvgIpc) is 2.97. The van der Waals surface area contributed by atoms with E-state index in [-0.39, 0.29) is 5.57 Å². The molecule has 0 saturated carbocycles. The predicted octanol–water partition coefficient (Wildman–Crippen LogP) is 4.43. The summed E-state index contributed by atoms with van der Waals surface area (Å²) in [4.78, 5) is 39.4. The Hall–Kier alpha value is -2.93. The summed E-state index contributed by atoms with van der Waals surface area (Å²) < 4.78 is 18.4. The third-order valence-corrected chi connectivity index (χ3v) is 5.22. The number of esters is 1. The van der Waals surface area contributed by atoms with Gasteiger partial charge in [-0.15, -0.1) is 11.8 Å². The van der Waals surface area contributed by atoms with Crippen LogP contribution in [0.2, 0.25) is 0 Å². The normalized spacial score (nSPS) is 14.0. The molecule has 0 N–H and O–H groups in total. The molecule has 0 saturated heterocycles. The summed E-state index contributed by atoms with van der Waals surface area (Å²) in [5.41, 5.74) is 1.45. The first kappa shape index (κ1) is 20.8. The van der Waals surface area contributed by atoms with Crippen LogP contribution in [0.5, 0.6) is 0 Å². The summed E-state index contributed by atoms with van der Waals surface area (Å²) in [6.45, 7) is 4.11. The summed E-state index contributed by atoms with van der Waals surface area (Å²) in [5, 5.41) is 0. The van der Waals surface area contributed by atoms with E-state index in [0.717, 1.165) is 11.3 Å². The SMILES string of the molecule is CCCOC(=O)c1ccc(N2C(=O)C(SCC)=C(c3ccc(F)cc3)C2=O)cc1. The molecule has 2 aromatic carbocycles. The molecule has 0 radical (unpaired) electrons. The highest BCUT2D eigenvalue weighted by atomic mass is 32.2. The molecule has 1 aliphatic heterocycles. The highest BCUT2D eigenvalue weighted by molar-refractivity contribution is 8.04. The highest BCUT2D eigenvalue weighted by Gasteiger charge is 2.40. The maximum Gasteiger partial charge on any atom is 0.338 e. The van der Waals surface area contributed by atoms with Crippen molar-refractivity contribution in [1.82, 2.24) is 0 Å². The van der Waals surface area contributed by atoms with Crippen LogP contribution >= 0.6 is 11.8 Å². The van der Waals surface area contributed by atoms with Gasteiger partial charge in [0.1, 0.15) is 5.82 Å². The minimum atomic E-state index is -0.473. The van der Waals surface area contributed by atoms with Crippen molar-refractivity contribution >= 4 is 40.8 Å². The number of hydrogen-bond donors (Lipinski definition) is 0. The fourth-order valence-corrected chi connectivity index (χ4v) is 3.77. The van der Waals surface area contributed by atoms with Gasteiger partial charge in [0.25, 0.3) is 11.8 Å². The second kappa shape index (κ2) is 9.05. The van der Waals surface area contributed by atoms with Crippen molar-refractivity contribution in [1.29, 1.82) is 0 Å². The molecule has 0 unspecified atom stereocenters. The van der Waals surface area contributed by atoms with E-state index in [1.54, 1.807) is 12.1 Å². The van der Waals surface area contributed by atoms with Gasteiger partial charge in [-0.25, -0.2) is 14.1 Å². The van der Waals surface area contributed by atoms with E-state index in [1.165, 1.54) is 48.2 Å². The molecule has 1 heterocycles. The maximum atomic E-state index is 13.3. The zero-order chi connectivity index (χ0) is 21.0. The molecule has 0 aliphatic carbocycles. The lowest BCUT2D eigenvalue weighted by Gasteiger charge is -2.15. The Morgan fingerprint density at radius 1 is 1.00 bits per heavy atom. The van der Waals surface area contributed by atoms with Gasteiger partial charge in [-0.1, -0.05) is 26.0 Å². The number of halogens is 1. The van der Waals surface area contributed by atoms with Crippen LogP contribution in [0.3, 0.4) is 0 Å². The van der Waals surface area contributed by atoms with Gasteiger partial charge in [-0.2, -0.15) is 0 Å². The lowest BCUT2D eigenvalue weighted by atomic mass is 10.1. The first-order valence-electron chi connectivity index (χ1n) is 9.26. The number of carbonyl (C=O) groups excluding carboxylic acids is 3. The molecule has 3 rings (SSSR count). The Morgan fingerprint density at radius 2 is 1.66 bits per heavy atom. The third kappa shape index (κ3) is 4.24. The molecule has 29 heavy (non-hydrogen) atoms. The second-order valence-electron chi connectivity index (χ2n) is 6.27. The van der Waals surface area contributed by atoms with Crippen LogP contribution in [-0.4, -0.2) is 30.1 Å². The minimum Gasteiger partial charge on any atom is -0.462 e. The van der Waals surface area contributed by atoms with E-state index in [2.05, 4.69) is 0 Å². The van der Waals surface area contributed by atoms with Gasteiger partial charge in [-0.3, -0.25) is 9.59 Å². The predicted molar refractivity (Wildman–Crippen MR) is 111 cm³/mol. The Bertz CT molecular complexity index is 967. The summed E-state index contributed by atoms with van der Waals surface area (Å²) in [6, 6.07) is 11.6. The standard InChI is InChI=1S/C22H20FNO4S/c1-3-13-28-22(27)15-7-11-17(12-8-15)24-20(25)18(19(21(24)26)29-4-2)14-5-9-16(23)10-6-14/h5-12H,3-4,13H2,1-2H3. The Morgan fingerprint density at radius 3 is 2.24 bits per heavy atom. The zero-order valence-electron chi connectivity index (χ0n) is 16.1. The van der Waals surface area contributed by atoms with E-state index in [1.807, 2.05) is 13.8 Å². The molecule has 2 aromatic rings. The molecule has 0 fully saturated rings. The third-order valence-electron chi connectivity index (χ3n) is 4.26. The van der Waals surface area contributed by atoms with Crippen LogP contribution < -0.4 is 4.90 Å². The van der Waals surface area contributed by atoms with Crippen molar-refractivity contribution in [2.45, 2.75) is 20.3 Å². The van der Waals surface area contributed by atoms with E-state index in [4.69, 9.17) is 4.74 Å². The Balaban J connectivity index is 1.92. The number of nitrogens with zero attached hydrogens (tertiary/aromatic N) is 1. The number of thioether (sulfide) groups is 1. The Labute approximate surface area is 172 Å². The number of amides is 2. The fourth-order valence-electron chi connectivity index (χ4n) is 2.92. The molecule has 0 atom stereocenters. The number of ether oxygens (including phenoxy) is 1. The summed E-state index contributed by atoms with van der Waals surface area (Å²) >= 11 is 1.27. The van der Waals surface area contributed by atoms with Gasteiger partial charge in [0, 0.05) is 0 Å². The summed E-state index contributed by atoms with van der Waals surface area (Å²) in [7, 11) is 0. The van der Waals surface area contributed by atoms with Crippen LogP contribution in [0.15, 0.2) is 53.4 Å². The molecule has 0 spiro atoms.